The van der Waals surface area contributed by atoms with Crippen LogP contribution in [0.25, 0.3) is 10.9 Å². The molecule has 5 nitrogen and oxygen atoms in total. The van der Waals surface area contributed by atoms with Gasteiger partial charge in [0.15, 0.2) is 11.5 Å². The van der Waals surface area contributed by atoms with Crippen LogP contribution in [0.2, 0.25) is 0 Å². The molecular weight excluding hydrogens is 408 g/mol. The molecule has 0 spiro atoms. The molecule has 160 valence electrons. The lowest BCUT2D eigenvalue weighted by Gasteiger charge is -2.26. The third kappa shape index (κ3) is 3.97. The number of para-hydroxylation sites is 1. The molecule has 0 unspecified atom stereocenters. The van der Waals surface area contributed by atoms with Gasteiger partial charge in [-0.3, -0.25) is 4.79 Å². The maximum Gasteiger partial charge on any atom is 0.233 e. The first-order valence-electron chi connectivity index (χ1n) is 10.8. The van der Waals surface area contributed by atoms with Crippen LogP contribution >= 0.6 is 11.8 Å². The molecule has 1 aromatic heterocycles. The van der Waals surface area contributed by atoms with Gasteiger partial charge in [0.1, 0.15) is 13.2 Å². The summed E-state index contributed by atoms with van der Waals surface area (Å²) in [5.74, 6) is 2.12. The van der Waals surface area contributed by atoms with E-state index in [9.17, 15) is 4.79 Å². The standard InChI is InChI=1S/C25H26N2O3S/c1-16-5-3-6-19-17(2)13-23(26-25(16)19)31-15-24(28)27-10-4-7-20(27)18-8-9-21-22(14-18)30-12-11-29-21/h3,5-6,8-9,13-14,20H,4,7,10-12,15H2,1-2H3/t20-/m0/s1. The number of nitrogens with zero attached hydrogens (tertiary/aromatic N) is 2. The number of amides is 1. The number of carbonyl (C=O) groups excluding carboxylic acids is 1. The monoisotopic (exact) mass is 434 g/mol. The highest BCUT2D eigenvalue weighted by Crippen LogP contribution is 2.38. The number of aromatic nitrogens is 1. The minimum Gasteiger partial charge on any atom is -0.486 e. The molecule has 3 aromatic rings. The number of likely N-dealkylation sites (tertiary alicyclic amines) is 1. The van der Waals surface area contributed by atoms with E-state index >= 15 is 0 Å². The van der Waals surface area contributed by atoms with Crippen LogP contribution in [0.3, 0.4) is 0 Å². The molecule has 0 aliphatic carbocycles. The first kappa shape index (κ1) is 20.2. The van der Waals surface area contributed by atoms with Crippen molar-refractivity contribution in [3.63, 3.8) is 0 Å². The van der Waals surface area contributed by atoms with E-state index in [1.807, 2.05) is 17.0 Å². The normalized spacial score (nSPS) is 17.9. The van der Waals surface area contributed by atoms with Crippen molar-refractivity contribution < 1.29 is 14.3 Å². The van der Waals surface area contributed by atoms with E-state index in [1.165, 1.54) is 22.7 Å². The molecule has 5 rings (SSSR count). The number of ether oxygens (including phenoxy) is 2. The molecule has 6 heteroatoms. The average Bonchev–Trinajstić information content (AvgIpc) is 3.28. The SMILES string of the molecule is Cc1cc(SCC(=O)N2CCC[C@H]2c2ccc3c(c2)OCCO3)nc2c(C)cccc12. The number of benzene rings is 2. The maximum atomic E-state index is 13.1. The van der Waals surface area contributed by atoms with Crippen LogP contribution in [0, 0.1) is 13.8 Å². The molecule has 2 aromatic carbocycles. The van der Waals surface area contributed by atoms with Gasteiger partial charge in [0, 0.05) is 11.9 Å². The Labute approximate surface area is 186 Å². The van der Waals surface area contributed by atoms with Crippen LogP contribution < -0.4 is 9.47 Å². The molecule has 0 saturated carbocycles. The van der Waals surface area contributed by atoms with Gasteiger partial charge in [0.2, 0.25) is 5.91 Å². The summed E-state index contributed by atoms with van der Waals surface area (Å²) in [7, 11) is 0. The summed E-state index contributed by atoms with van der Waals surface area (Å²) in [5, 5.41) is 2.08. The molecule has 1 saturated heterocycles. The van der Waals surface area contributed by atoms with Gasteiger partial charge >= 0.3 is 0 Å². The molecule has 31 heavy (non-hydrogen) atoms. The topological polar surface area (TPSA) is 51.7 Å². The smallest absolute Gasteiger partial charge is 0.233 e. The van der Waals surface area contributed by atoms with Crippen molar-refractivity contribution in [2.24, 2.45) is 0 Å². The van der Waals surface area contributed by atoms with Crippen LogP contribution in [-0.4, -0.2) is 41.3 Å². The Balaban J connectivity index is 1.31. The average molecular weight is 435 g/mol. The summed E-state index contributed by atoms with van der Waals surface area (Å²) < 4.78 is 11.4. The van der Waals surface area contributed by atoms with Crippen molar-refractivity contribution in [1.82, 2.24) is 9.88 Å². The second-order valence-corrected chi connectivity index (χ2v) is 9.18. The first-order valence-corrected chi connectivity index (χ1v) is 11.8. The van der Waals surface area contributed by atoms with Gasteiger partial charge in [-0.05, 0) is 61.6 Å². The summed E-state index contributed by atoms with van der Waals surface area (Å²) in [4.78, 5) is 20.0. The number of hydrogen-bond acceptors (Lipinski definition) is 5. The van der Waals surface area contributed by atoms with Crippen molar-refractivity contribution >= 4 is 28.6 Å². The largest absolute Gasteiger partial charge is 0.486 e. The zero-order chi connectivity index (χ0) is 21.4. The first-order chi connectivity index (χ1) is 15.1. The van der Waals surface area contributed by atoms with Gasteiger partial charge in [0.25, 0.3) is 0 Å². The summed E-state index contributed by atoms with van der Waals surface area (Å²) in [6.07, 6.45) is 1.99. The van der Waals surface area contributed by atoms with Gasteiger partial charge in [-0.15, -0.1) is 0 Å². The number of fused-ring (bicyclic) bond motifs is 2. The van der Waals surface area contributed by atoms with Gasteiger partial charge < -0.3 is 14.4 Å². The molecular formula is C25H26N2O3S. The van der Waals surface area contributed by atoms with Crippen molar-refractivity contribution in [2.45, 2.75) is 37.8 Å². The molecule has 2 aliphatic rings. The second-order valence-electron chi connectivity index (χ2n) is 8.19. The molecule has 0 radical (unpaired) electrons. The lowest BCUT2D eigenvalue weighted by molar-refractivity contribution is -0.129. The maximum absolute atomic E-state index is 13.1. The highest BCUT2D eigenvalue weighted by molar-refractivity contribution is 7.99. The van der Waals surface area contributed by atoms with E-state index in [4.69, 9.17) is 14.5 Å². The van der Waals surface area contributed by atoms with E-state index in [0.717, 1.165) is 52.6 Å². The fraction of sp³-hybridized carbons (Fsp3) is 0.360. The zero-order valence-electron chi connectivity index (χ0n) is 17.9. The highest BCUT2D eigenvalue weighted by Gasteiger charge is 2.30. The van der Waals surface area contributed by atoms with Gasteiger partial charge in [-0.1, -0.05) is 36.0 Å². The Morgan fingerprint density at radius 3 is 2.81 bits per heavy atom. The predicted octanol–water partition coefficient (Wildman–Crippen LogP) is 5.08. The lowest BCUT2D eigenvalue weighted by Crippen LogP contribution is -2.32. The third-order valence-corrected chi connectivity index (χ3v) is 6.99. The number of hydrogen-bond donors (Lipinski definition) is 0. The quantitative estimate of drug-likeness (QED) is 0.536. The van der Waals surface area contributed by atoms with Gasteiger partial charge in [-0.2, -0.15) is 0 Å². The third-order valence-electron chi connectivity index (χ3n) is 6.09. The minimum absolute atomic E-state index is 0.0949. The Hall–Kier alpha value is -2.73. The summed E-state index contributed by atoms with van der Waals surface area (Å²) >= 11 is 1.53. The number of carbonyl (C=O) groups is 1. The summed E-state index contributed by atoms with van der Waals surface area (Å²) in [6.45, 7) is 6.13. The van der Waals surface area contributed by atoms with E-state index < -0.39 is 0 Å². The Morgan fingerprint density at radius 1 is 1.10 bits per heavy atom. The zero-order valence-corrected chi connectivity index (χ0v) is 18.7. The minimum atomic E-state index is 0.0949. The fourth-order valence-electron chi connectivity index (χ4n) is 4.50. The Bertz CT molecular complexity index is 1150. The van der Waals surface area contributed by atoms with Crippen LogP contribution in [0.4, 0.5) is 0 Å². The number of thioether (sulfide) groups is 1. The molecule has 0 N–H and O–H groups in total. The van der Waals surface area contributed by atoms with Crippen LogP contribution in [-0.2, 0) is 4.79 Å². The lowest BCUT2D eigenvalue weighted by atomic mass is 10.0. The summed E-state index contributed by atoms with van der Waals surface area (Å²) in [6, 6.07) is 14.5. The Kier molecular flexibility index (Phi) is 5.48. The van der Waals surface area contributed by atoms with E-state index in [1.54, 1.807) is 0 Å². The number of aryl methyl sites for hydroxylation is 2. The van der Waals surface area contributed by atoms with E-state index in [0.29, 0.717) is 19.0 Å². The highest BCUT2D eigenvalue weighted by atomic mass is 32.2. The second kappa shape index (κ2) is 8.42. The van der Waals surface area contributed by atoms with E-state index in [2.05, 4.69) is 44.2 Å². The van der Waals surface area contributed by atoms with Crippen molar-refractivity contribution in [3.05, 3.63) is 59.2 Å². The van der Waals surface area contributed by atoms with Crippen molar-refractivity contribution in [3.8, 4) is 11.5 Å². The summed E-state index contributed by atoms with van der Waals surface area (Å²) in [5.41, 5.74) is 4.50. The molecule has 2 aliphatic heterocycles. The number of pyridine rings is 1. The van der Waals surface area contributed by atoms with Crippen LogP contribution in [0.15, 0.2) is 47.5 Å². The molecule has 1 amide bonds. The molecule has 1 fully saturated rings. The van der Waals surface area contributed by atoms with E-state index in [-0.39, 0.29) is 11.9 Å². The van der Waals surface area contributed by atoms with Crippen LogP contribution in [0.5, 0.6) is 11.5 Å². The molecule has 0 bridgehead atoms. The fourth-order valence-corrected chi connectivity index (χ4v) is 5.36. The van der Waals surface area contributed by atoms with Crippen molar-refractivity contribution in [2.75, 3.05) is 25.5 Å². The molecule has 3 heterocycles. The van der Waals surface area contributed by atoms with Crippen LogP contribution in [0.1, 0.15) is 35.6 Å². The van der Waals surface area contributed by atoms with Gasteiger partial charge in [0.05, 0.1) is 22.3 Å². The predicted molar refractivity (Wildman–Crippen MR) is 123 cm³/mol. The molecule has 1 atom stereocenters. The Morgan fingerprint density at radius 2 is 1.94 bits per heavy atom. The van der Waals surface area contributed by atoms with Crippen molar-refractivity contribution in [1.29, 1.82) is 0 Å². The number of rotatable bonds is 4. The van der Waals surface area contributed by atoms with Gasteiger partial charge in [-0.25, -0.2) is 4.98 Å².